The number of hydrogen-bond acceptors (Lipinski definition) is 5. The van der Waals surface area contributed by atoms with E-state index in [0.29, 0.717) is 21.7 Å². The van der Waals surface area contributed by atoms with Crippen LogP contribution in [-0.4, -0.2) is 37.6 Å². The van der Waals surface area contributed by atoms with E-state index >= 15 is 0 Å². The second-order valence-electron chi connectivity index (χ2n) is 8.03. The van der Waals surface area contributed by atoms with Crippen molar-refractivity contribution in [1.29, 1.82) is 0 Å². The number of fused-ring (bicyclic) bond motifs is 2. The van der Waals surface area contributed by atoms with Gasteiger partial charge >= 0.3 is 0 Å². The van der Waals surface area contributed by atoms with Crippen molar-refractivity contribution in [2.24, 2.45) is 0 Å². The monoisotopic (exact) mass is 451 g/mol. The van der Waals surface area contributed by atoms with Gasteiger partial charge in [0.25, 0.3) is 11.5 Å². The van der Waals surface area contributed by atoms with Gasteiger partial charge in [0.05, 0.1) is 17.7 Å². The van der Waals surface area contributed by atoms with Crippen molar-refractivity contribution in [2.45, 2.75) is 38.6 Å². The van der Waals surface area contributed by atoms with Crippen molar-refractivity contribution in [1.82, 2.24) is 24.6 Å². The molecule has 0 radical (unpaired) electrons. The maximum absolute atomic E-state index is 13.4. The van der Waals surface area contributed by atoms with Gasteiger partial charge in [0.1, 0.15) is 16.3 Å². The van der Waals surface area contributed by atoms with Gasteiger partial charge in [-0.3, -0.25) is 9.59 Å². The van der Waals surface area contributed by atoms with Gasteiger partial charge < -0.3 is 9.88 Å². The number of amides is 1. The van der Waals surface area contributed by atoms with Crippen molar-refractivity contribution in [3.05, 3.63) is 74.7 Å². The van der Waals surface area contributed by atoms with Gasteiger partial charge in [-0.05, 0) is 61.4 Å². The molecule has 0 atom stereocenters. The van der Waals surface area contributed by atoms with Crippen LogP contribution < -0.4 is 5.56 Å². The fraction of sp³-hybridized carbons (Fsp3) is 0.304. The summed E-state index contributed by atoms with van der Waals surface area (Å²) in [6.45, 7) is 0.165. The number of nitrogens with zero attached hydrogens (tertiary/aromatic N) is 4. The smallest absolute Gasteiger partial charge is 0.274 e. The molecule has 1 aliphatic carbocycles. The van der Waals surface area contributed by atoms with E-state index in [9.17, 15) is 14.0 Å². The Labute approximate surface area is 187 Å². The molecule has 5 rings (SSSR count). The molecule has 32 heavy (non-hydrogen) atoms. The van der Waals surface area contributed by atoms with Gasteiger partial charge in [-0.1, -0.05) is 6.42 Å². The van der Waals surface area contributed by atoms with E-state index in [1.165, 1.54) is 28.4 Å². The van der Waals surface area contributed by atoms with Crippen LogP contribution in [0.2, 0.25) is 0 Å². The van der Waals surface area contributed by atoms with Gasteiger partial charge in [-0.2, -0.15) is 5.10 Å². The number of benzene rings is 1. The van der Waals surface area contributed by atoms with E-state index in [-0.39, 0.29) is 23.8 Å². The number of H-pyrrole nitrogens is 1. The predicted octanol–water partition coefficient (Wildman–Crippen LogP) is 3.85. The molecule has 1 amide bonds. The van der Waals surface area contributed by atoms with Gasteiger partial charge in [0.15, 0.2) is 5.69 Å². The Morgan fingerprint density at radius 3 is 2.78 bits per heavy atom. The lowest BCUT2D eigenvalue weighted by molar-refractivity contribution is 0.0774. The number of carbonyl (C=O) groups excluding carboxylic acids is 1. The van der Waals surface area contributed by atoms with Crippen LogP contribution in [0.5, 0.6) is 0 Å². The molecule has 7 nitrogen and oxygen atoms in total. The number of thiophene rings is 1. The minimum Gasteiger partial charge on any atom is -0.333 e. The Morgan fingerprint density at radius 2 is 1.97 bits per heavy atom. The number of hydrogen-bond donors (Lipinski definition) is 1. The highest BCUT2D eigenvalue weighted by atomic mass is 32.1. The first-order valence-electron chi connectivity index (χ1n) is 10.6. The minimum atomic E-state index is -0.313. The fourth-order valence-corrected chi connectivity index (χ4v) is 4.94. The average Bonchev–Trinajstić information content (AvgIpc) is 3.32. The Bertz CT molecular complexity index is 1360. The third-order valence-corrected chi connectivity index (χ3v) is 6.70. The summed E-state index contributed by atoms with van der Waals surface area (Å²) in [5.74, 6) is -0.106. The van der Waals surface area contributed by atoms with E-state index in [2.05, 4.69) is 15.1 Å². The minimum absolute atomic E-state index is 0.165. The van der Waals surface area contributed by atoms with Crippen LogP contribution >= 0.6 is 11.3 Å². The average molecular weight is 452 g/mol. The lowest BCUT2D eigenvalue weighted by Gasteiger charge is -2.16. The summed E-state index contributed by atoms with van der Waals surface area (Å²) in [7, 11) is 1.68. The molecule has 9 heteroatoms. The first kappa shape index (κ1) is 20.6. The van der Waals surface area contributed by atoms with Crippen LogP contribution in [0, 0.1) is 5.82 Å². The van der Waals surface area contributed by atoms with Crippen LogP contribution in [0.4, 0.5) is 4.39 Å². The highest BCUT2D eigenvalue weighted by Crippen LogP contribution is 2.27. The fourth-order valence-electron chi connectivity index (χ4n) is 4.22. The SMILES string of the molecule is CN(Cc1nc2ccsc2c(=O)[nH]1)C(=O)c1nn(-c2ccc(F)cc2)c2c1CCCCC2. The summed E-state index contributed by atoms with van der Waals surface area (Å²) in [6, 6.07) is 7.95. The quantitative estimate of drug-likeness (QED) is 0.478. The maximum Gasteiger partial charge on any atom is 0.274 e. The molecule has 0 saturated heterocycles. The third-order valence-electron chi connectivity index (χ3n) is 5.80. The van der Waals surface area contributed by atoms with Crippen molar-refractivity contribution in [3.63, 3.8) is 0 Å². The van der Waals surface area contributed by atoms with E-state index in [4.69, 9.17) is 0 Å². The Morgan fingerprint density at radius 1 is 1.19 bits per heavy atom. The number of aromatic nitrogens is 4. The zero-order valence-electron chi connectivity index (χ0n) is 17.6. The van der Waals surface area contributed by atoms with E-state index in [1.807, 2.05) is 5.38 Å². The maximum atomic E-state index is 13.4. The first-order chi connectivity index (χ1) is 15.5. The van der Waals surface area contributed by atoms with Crippen molar-refractivity contribution in [3.8, 4) is 5.69 Å². The van der Waals surface area contributed by atoms with Gasteiger partial charge in [0.2, 0.25) is 0 Å². The van der Waals surface area contributed by atoms with Crippen molar-refractivity contribution < 1.29 is 9.18 Å². The lowest BCUT2D eigenvalue weighted by Crippen LogP contribution is -2.29. The molecule has 0 spiro atoms. The molecule has 0 fully saturated rings. The zero-order valence-corrected chi connectivity index (χ0v) is 18.4. The Kier molecular flexibility index (Phi) is 5.34. The van der Waals surface area contributed by atoms with Crippen molar-refractivity contribution >= 4 is 27.5 Å². The first-order valence-corrected chi connectivity index (χ1v) is 11.5. The molecule has 1 aromatic carbocycles. The summed E-state index contributed by atoms with van der Waals surface area (Å²) in [4.78, 5) is 34.4. The number of carbonyl (C=O) groups is 1. The van der Waals surface area contributed by atoms with Crippen LogP contribution in [0.25, 0.3) is 15.9 Å². The van der Waals surface area contributed by atoms with Gasteiger partial charge in [-0.25, -0.2) is 14.1 Å². The molecular formula is C23H22FN5O2S. The topological polar surface area (TPSA) is 83.9 Å². The number of aromatic amines is 1. The van der Waals surface area contributed by atoms with E-state index < -0.39 is 0 Å². The molecule has 0 aliphatic heterocycles. The number of rotatable bonds is 4. The summed E-state index contributed by atoms with van der Waals surface area (Å²) < 4.78 is 15.8. The summed E-state index contributed by atoms with van der Waals surface area (Å²) in [5, 5.41) is 6.49. The highest BCUT2D eigenvalue weighted by Gasteiger charge is 2.27. The number of halogens is 1. The molecule has 0 saturated carbocycles. The molecule has 0 bridgehead atoms. The van der Waals surface area contributed by atoms with Crippen LogP contribution in [0.1, 0.15) is 46.8 Å². The molecule has 0 unspecified atom stereocenters. The van der Waals surface area contributed by atoms with E-state index in [0.717, 1.165) is 49.0 Å². The van der Waals surface area contributed by atoms with E-state index in [1.54, 1.807) is 29.9 Å². The number of nitrogens with one attached hydrogen (secondary N) is 1. The summed E-state index contributed by atoms with van der Waals surface area (Å²) in [6.07, 6.45) is 4.71. The van der Waals surface area contributed by atoms with Crippen LogP contribution in [0.3, 0.4) is 0 Å². The molecule has 164 valence electrons. The summed E-state index contributed by atoms with van der Waals surface area (Å²) >= 11 is 1.34. The standard InChI is InChI=1S/C23H22FN5O2S/c1-28(13-19-25-17-11-12-32-21(17)22(30)26-19)23(31)20-16-5-3-2-4-6-18(16)29(27-20)15-9-7-14(24)8-10-15/h7-12H,2-6,13H2,1H3,(H,25,26,30). The van der Waals surface area contributed by atoms with Gasteiger partial charge in [0, 0.05) is 18.3 Å². The second-order valence-corrected chi connectivity index (χ2v) is 8.95. The molecule has 4 aromatic rings. The van der Waals surface area contributed by atoms with Gasteiger partial charge in [-0.15, -0.1) is 11.3 Å². The van der Waals surface area contributed by atoms with Crippen LogP contribution in [-0.2, 0) is 19.4 Å². The zero-order chi connectivity index (χ0) is 22.2. The predicted molar refractivity (Wildman–Crippen MR) is 121 cm³/mol. The largest absolute Gasteiger partial charge is 0.333 e. The molecule has 1 N–H and O–H groups in total. The highest BCUT2D eigenvalue weighted by molar-refractivity contribution is 7.17. The lowest BCUT2D eigenvalue weighted by atomic mass is 10.1. The Balaban J connectivity index is 1.49. The second kappa shape index (κ2) is 8.31. The van der Waals surface area contributed by atoms with Crippen LogP contribution in [0.15, 0.2) is 40.5 Å². The molecular weight excluding hydrogens is 429 g/mol. The van der Waals surface area contributed by atoms with Crippen molar-refractivity contribution in [2.75, 3.05) is 7.05 Å². The summed E-state index contributed by atoms with van der Waals surface area (Å²) in [5.41, 5.74) is 3.54. The molecule has 1 aliphatic rings. The normalized spacial score (nSPS) is 13.7. The molecule has 3 heterocycles. The Hall–Kier alpha value is -3.33. The molecule has 3 aromatic heterocycles. The third kappa shape index (κ3) is 3.73.